The van der Waals surface area contributed by atoms with Crippen molar-refractivity contribution in [3.8, 4) is 17.2 Å². The fraction of sp³-hybridized carbons (Fsp3) is 0.0952. The van der Waals surface area contributed by atoms with Crippen molar-refractivity contribution in [1.29, 1.82) is 0 Å². The Morgan fingerprint density at radius 1 is 1.14 bits per heavy atom. The number of ether oxygens (including phenoxy) is 2. The van der Waals surface area contributed by atoms with Crippen molar-refractivity contribution in [2.24, 2.45) is 0 Å². The molecule has 2 aromatic carbocycles. The van der Waals surface area contributed by atoms with Crippen molar-refractivity contribution in [2.75, 3.05) is 10.6 Å². The second-order valence-electron chi connectivity index (χ2n) is 6.46. The minimum Gasteiger partial charge on any atom is -0.453 e. The number of aryl methyl sites for hydroxylation is 1. The first kappa shape index (κ1) is 18.8. The quantitative estimate of drug-likeness (QED) is 0.595. The monoisotopic (exact) mass is 409 g/mol. The first-order chi connectivity index (χ1) is 14.0. The van der Waals surface area contributed by atoms with E-state index < -0.39 is 6.03 Å². The van der Waals surface area contributed by atoms with Gasteiger partial charge in [0, 0.05) is 34.7 Å². The summed E-state index contributed by atoms with van der Waals surface area (Å²) >= 11 is 6.02. The lowest BCUT2D eigenvalue weighted by Crippen LogP contribution is -2.19. The average molecular weight is 410 g/mol. The maximum absolute atomic E-state index is 12.3. The molecule has 29 heavy (non-hydrogen) atoms. The van der Waals surface area contributed by atoms with Crippen molar-refractivity contribution in [1.82, 2.24) is 4.98 Å². The predicted molar refractivity (Wildman–Crippen MR) is 109 cm³/mol. The fourth-order valence-electron chi connectivity index (χ4n) is 2.94. The van der Waals surface area contributed by atoms with Gasteiger partial charge in [-0.2, -0.15) is 0 Å². The predicted octanol–water partition coefficient (Wildman–Crippen LogP) is 4.94. The molecule has 2 amide bonds. The van der Waals surface area contributed by atoms with Crippen LogP contribution < -0.4 is 20.1 Å². The number of hydrogen-bond acceptors (Lipinski definition) is 5. The molecule has 1 aromatic heterocycles. The van der Waals surface area contributed by atoms with E-state index in [2.05, 4.69) is 15.6 Å². The highest BCUT2D eigenvalue weighted by Crippen LogP contribution is 2.37. The summed E-state index contributed by atoms with van der Waals surface area (Å²) in [5.41, 5.74) is 2.60. The van der Waals surface area contributed by atoms with Crippen LogP contribution in [0.3, 0.4) is 0 Å². The molecule has 0 unspecified atom stereocenters. The van der Waals surface area contributed by atoms with Crippen molar-refractivity contribution in [3.05, 3.63) is 71.0 Å². The molecule has 1 aliphatic heterocycles. The molecular weight excluding hydrogens is 394 g/mol. The number of fused-ring (bicyclic) bond motifs is 1. The number of nitrogens with zero attached hydrogens (tertiary/aromatic N) is 1. The molecule has 0 atom stereocenters. The molecule has 0 saturated carbocycles. The lowest BCUT2D eigenvalue weighted by atomic mass is 10.2. The smallest absolute Gasteiger partial charge is 0.323 e. The largest absolute Gasteiger partial charge is 0.453 e. The van der Waals surface area contributed by atoms with Crippen LogP contribution in [0.25, 0.3) is 0 Å². The summed E-state index contributed by atoms with van der Waals surface area (Å²) < 4.78 is 11.0. The molecule has 0 fully saturated rings. The summed E-state index contributed by atoms with van der Waals surface area (Å²) in [5, 5.41) is 6.03. The van der Waals surface area contributed by atoms with Crippen LogP contribution in [0.15, 0.2) is 54.7 Å². The van der Waals surface area contributed by atoms with Gasteiger partial charge in [-0.3, -0.25) is 9.78 Å². The van der Waals surface area contributed by atoms with Gasteiger partial charge in [-0.05, 0) is 42.8 Å². The molecular formula is C21H16ClN3O4. The summed E-state index contributed by atoms with van der Waals surface area (Å²) in [5.74, 6) is 0.812. The third-order valence-corrected chi connectivity index (χ3v) is 4.31. The molecule has 0 radical (unpaired) electrons. The Hall–Kier alpha value is -3.58. The lowest BCUT2D eigenvalue weighted by molar-refractivity contribution is -0.131. The number of pyridine rings is 1. The molecule has 3 aromatic rings. The maximum atomic E-state index is 12.3. The lowest BCUT2D eigenvalue weighted by Gasteiger charge is -2.11. The van der Waals surface area contributed by atoms with Gasteiger partial charge in [0.1, 0.15) is 5.75 Å². The first-order valence-electron chi connectivity index (χ1n) is 8.78. The van der Waals surface area contributed by atoms with E-state index in [-0.39, 0.29) is 12.4 Å². The Labute approximate surface area is 171 Å². The van der Waals surface area contributed by atoms with Gasteiger partial charge >= 0.3 is 12.0 Å². The number of anilines is 2. The van der Waals surface area contributed by atoms with Gasteiger partial charge in [-0.25, -0.2) is 4.79 Å². The van der Waals surface area contributed by atoms with Crippen molar-refractivity contribution < 1.29 is 19.1 Å². The molecule has 4 rings (SSSR count). The average Bonchev–Trinajstić information content (AvgIpc) is 3.02. The Morgan fingerprint density at radius 3 is 2.79 bits per heavy atom. The number of halogens is 1. The molecule has 8 heteroatoms. The molecule has 2 heterocycles. The van der Waals surface area contributed by atoms with E-state index in [1.165, 1.54) is 0 Å². The summed E-state index contributed by atoms with van der Waals surface area (Å²) in [4.78, 5) is 27.9. The number of urea groups is 1. The second kappa shape index (κ2) is 7.81. The number of carbonyl (C=O) groups is 2. The normalized spacial score (nSPS) is 12.1. The Morgan fingerprint density at radius 2 is 1.97 bits per heavy atom. The topological polar surface area (TPSA) is 89.6 Å². The van der Waals surface area contributed by atoms with Gasteiger partial charge in [-0.15, -0.1) is 0 Å². The van der Waals surface area contributed by atoms with Gasteiger partial charge in [0.05, 0.1) is 12.1 Å². The van der Waals surface area contributed by atoms with Crippen molar-refractivity contribution >= 4 is 35.0 Å². The molecule has 0 spiro atoms. The van der Waals surface area contributed by atoms with Crippen LogP contribution in [0.1, 0.15) is 11.3 Å². The number of esters is 1. The summed E-state index contributed by atoms with van der Waals surface area (Å²) in [6.07, 6.45) is 1.68. The molecule has 2 N–H and O–H groups in total. The SMILES string of the molecule is Cc1cc(Cl)cc(NC(=O)Nc2cccc(Oc3ccnc4c3OC(=O)C4)c2)c1. The molecule has 7 nitrogen and oxygen atoms in total. The molecule has 1 aliphatic rings. The Bertz CT molecular complexity index is 1100. The van der Waals surface area contributed by atoms with Crippen LogP contribution in [-0.2, 0) is 11.2 Å². The standard InChI is InChI=1S/C21H16ClN3O4/c1-12-7-13(22)9-15(8-12)25-21(27)24-14-3-2-4-16(10-14)28-18-5-6-23-17-11-19(26)29-20(17)18/h2-10H,11H2,1H3,(H2,24,25,27). The third-order valence-electron chi connectivity index (χ3n) is 4.09. The van der Waals surface area contributed by atoms with Crippen LogP contribution in [-0.4, -0.2) is 17.0 Å². The maximum Gasteiger partial charge on any atom is 0.323 e. The van der Waals surface area contributed by atoms with E-state index in [9.17, 15) is 9.59 Å². The number of hydrogen-bond donors (Lipinski definition) is 2. The van der Waals surface area contributed by atoms with Gasteiger partial charge < -0.3 is 20.1 Å². The Balaban J connectivity index is 1.46. The summed E-state index contributed by atoms with van der Waals surface area (Å²) in [6.45, 7) is 1.89. The van der Waals surface area contributed by atoms with Crippen LogP contribution in [0.5, 0.6) is 17.2 Å². The molecule has 146 valence electrons. The van der Waals surface area contributed by atoms with Crippen LogP contribution in [0, 0.1) is 6.92 Å². The zero-order chi connectivity index (χ0) is 20.4. The summed E-state index contributed by atoms with van der Waals surface area (Å²) in [7, 11) is 0. The fourth-order valence-corrected chi connectivity index (χ4v) is 3.23. The van der Waals surface area contributed by atoms with Crippen LogP contribution >= 0.6 is 11.6 Å². The second-order valence-corrected chi connectivity index (χ2v) is 6.90. The Kier molecular flexibility index (Phi) is 5.05. The molecule has 0 aliphatic carbocycles. The minimum atomic E-state index is -0.414. The number of benzene rings is 2. The van der Waals surface area contributed by atoms with Crippen molar-refractivity contribution in [2.45, 2.75) is 13.3 Å². The highest BCUT2D eigenvalue weighted by atomic mass is 35.5. The number of nitrogens with one attached hydrogen (secondary N) is 2. The van der Waals surface area contributed by atoms with E-state index >= 15 is 0 Å². The van der Waals surface area contributed by atoms with E-state index in [1.807, 2.05) is 13.0 Å². The number of aromatic nitrogens is 1. The van der Waals surface area contributed by atoms with Gasteiger partial charge in [0.2, 0.25) is 0 Å². The number of carbonyl (C=O) groups excluding carboxylic acids is 2. The van der Waals surface area contributed by atoms with E-state index in [0.717, 1.165) is 5.56 Å². The molecule has 0 bridgehead atoms. The van der Waals surface area contributed by atoms with Gasteiger partial charge in [0.25, 0.3) is 0 Å². The minimum absolute atomic E-state index is 0.122. The zero-order valence-electron chi connectivity index (χ0n) is 15.4. The van der Waals surface area contributed by atoms with Gasteiger partial charge in [0.15, 0.2) is 11.5 Å². The van der Waals surface area contributed by atoms with E-state index in [0.29, 0.717) is 39.3 Å². The van der Waals surface area contributed by atoms with Gasteiger partial charge in [-0.1, -0.05) is 17.7 Å². The van der Waals surface area contributed by atoms with E-state index in [4.69, 9.17) is 21.1 Å². The molecule has 0 saturated heterocycles. The number of amides is 2. The zero-order valence-corrected chi connectivity index (χ0v) is 16.1. The van der Waals surface area contributed by atoms with Crippen LogP contribution in [0.4, 0.5) is 16.2 Å². The van der Waals surface area contributed by atoms with Crippen molar-refractivity contribution in [3.63, 3.8) is 0 Å². The summed E-state index contributed by atoms with van der Waals surface area (Å²) in [6, 6.07) is 13.3. The third kappa shape index (κ3) is 4.47. The number of rotatable bonds is 4. The first-order valence-corrected chi connectivity index (χ1v) is 9.16. The highest BCUT2D eigenvalue weighted by molar-refractivity contribution is 6.31. The van der Waals surface area contributed by atoms with E-state index in [1.54, 1.807) is 48.7 Å². The highest BCUT2D eigenvalue weighted by Gasteiger charge is 2.25. The van der Waals surface area contributed by atoms with Crippen LogP contribution in [0.2, 0.25) is 5.02 Å².